The van der Waals surface area contributed by atoms with Crippen LogP contribution in [0.1, 0.15) is 54.9 Å². The quantitative estimate of drug-likeness (QED) is 0.328. The number of aliphatic carboxylic acids is 1. The third-order valence-corrected chi connectivity index (χ3v) is 5.82. The van der Waals surface area contributed by atoms with E-state index < -0.39 is 5.97 Å². The minimum absolute atomic E-state index is 0.0283. The maximum absolute atomic E-state index is 11.2. The van der Waals surface area contributed by atoms with Gasteiger partial charge in [0.15, 0.2) is 0 Å². The van der Waals surface area contributed by atoms with Crippen LogP contribution in [0.2, 0.25) is 0 Å². The number of fused-ring (bicyclic) bond motifs is 1. The van der Waals surface area contributed by atoms with Crippen LogP contribution in [0.4, 0.5) is 0 Å². The van der Waals surface area contributed by atoms with Crippen molar-refractivity contribution in [2.45, 2.75) is 38.2 Å². The molecule has 5 nitrogen and oxygen atoms in total. The first-order valence-corrected chi connectivity index (χ1v) is 10.9. The molecule has 2 N–H and O–H groups in total. The molecule has 0 saturated carbocycles. The van der Waals surface area contributed by atoms with Crippen molar-refractivity contribution < 1.29 is 14.6 Å². The third kappa shape index (κ3) is 5.24. The first-order valence-electron chi connectivity index (χ1n) is 10.9. The second kappa shape index (κ2) is 10.1. The molecule has 0 aliphatic rings. The van der Waals surface area contributed by atoms with Crippen LogP contribution in [-0.4, -0.2) is 21.3 Å². The largest absolute Gasteiger partial charge is 0.485 e. The molecule has 0 saturated heterocycles. The van der Waals surface area contributed by atoms with Crippen molar-refractivity contribution in [2.24, 2.45) is 0 Å². The summed E-state index contributed by atoms with van der Waals surface area (Å²) in [7, 11) is 0. The van der Waals surface area contributed by atoms with E-state index in [4.69, 9.17) is 4.74 Å². The molecule has 1 heterocycles. The highest BCUT2D eigenvalue weighted by molar-refractivity contribution is 5.78. The minimum Gasteiger partial charge on any atom is -0.485 e. The van der Waals surface area contributed by atoms with E-state index in [0.717, 1.165) is 27.8 Å². The number of aromatic nitrogens is 2. The Balaban J connectivity index is 1.64. The lowest BCUT2D eigenvalue weighted by Crippen LogP contribution is -2.15. The second-order valence-corrected chi connectivity index (χ2v) is 8.07. The van der Waals surface area contributed by atoms with Crippen molar-refractivity contribution in [2.75, 3.05) is 0 Å². The number of nitrogens with zero attached hydrogens (tertiary/aromatic N) is 1. The van der Waals surface area contributed by atoms with Gasteiger partial charge in [-0.25, -0.2) is 0 Å². The van der Waals surface area contributed by atoms with Gasteiger partial charge in [0.2, 0.25) is 0 Å². The van der Waals surface area contributed by atoms with Crippen LogP contribution >= 0.6 is 0 Å². The van der Waals surface area contributed by atoms with Gasteiger partial charge in [-0.3, -0.25) is 9.89 Å². The minimum atomic E-state index is -0.866. The zero-order valence-corrected chi connectivity index (χ0v) is 18.7. The number of hydrogen-bond acceptors (Lipinski definition) is 3. The predicted molar refractivity (Wildman–Crippen MR) is 129 cm³/mol. The first kappa shape index (κ1) is 22.2. The van der Waals surface area contributed by atoms with Crippen LogP contribution in [0.25, 0.3) is 10.9 Å². The molecule has 0 bridgehead atoms. The van der Waals surface area contributed by atoms with E-state index in [0.29, 0.717) is 0 Å². The highest BCUT2D eigenvalue weighted by Crippen LogP contribution is 2.36. The van der Waals surface area contributed by atoms with Gasteiger partial charge in [0, 0.05) is 11.3 Å². The summed E-state index contributed by atoms with van der Waals surface area (Å²) < 4.78 is 6.54. The summed E-state index contributed by atoms with van der Waals surface area (Å²) in [6, 6.07) is 24.1. The molecule has 5 heteroatoms. The van der Waals surface area contributed by atoms with Crippen molar-refractivity contribution in [3.8, 4) is 17.6 Å². The van der Waals surface area contributed by atoms with Crippen molar-refractivity contribution in [3.05, 3.63) is 95.7 Å². The summed E-state index contributed by atoms with van der Waals surface area (Å²) in [5.41, 5.74) is 4.10. The Morgan fingerprint density at radius 3 is 2.45 bits per heavy atom. The Morgan fingerprint density at radius 2 is 1.76 bits per heavy atom. The lowest BCUT2D eigenvalue weighted by atomic mass is 9.90. The van der Waals surface area contributed by atoms with Crippen LogP contribution in [0.5, 0.6) is 5.75 Å². The number of aromatic amines is 1. The van der Waals surface area contributed by atoms with Gasteiger partial charge < -0.3 is 9.84 Å². The van der Waals surface area contributed by atoms with Gasteiger partial charge in [0.25, 0.3) is 0 Å². The predicted octanol–water partition coefficient (Wildman–Crippen LogP) is 6.07. The molecule has 0 aliphatic carbocycles. The molecule has 3 atom stereocenters. The van der Waals surface area contributed by atoms with Crippen molar-refractivity contribution >= 4 is 16.9 Å². The molecule has 1 aromatic heterocycles. The monoisotopic (exact) mass is 438 g/mol. The summed E-state index contributed by atoms with van der Waals surface area (Å²) in [6.45, 7) is 3.88. The molecule has 4 aromatic rings. The topological polar surface area (TPSA) is 75.2 Å². The van der Waals surface area contributed by atoms with Gasteiger partial charge in [-0.1, -0.05) is 61.4 Å². The molecule has 33 heavy (non-hydrogen) atoms. The third-order valence-electron chi connectivity index (χ3n) is 5.82. The fraction of sp³-hybridized carbons (Fsp3) is 0.214. The van der Waals surface area contributed by atoms with Gasteiger partial charge in [0.1, 0.15) is 11.9 Å². The van der Waals surface area contributed by atoms with Crippen LogP contribution in [0.15, 0.2) is 79.0 Å². The van der Waals surface area contributed by atoms with Gasteiger partial charge in [-0.2, -0.15) is 5.10 Å². The van der Waals surface area contributed by atoms with E-state index >= 15 is 0 Å². The van der Waals surface area contributed by atoms with E-state index in [1.807, 2.05) is 54.7 Å². The summed E-state index contributed by atoms with van der Waals surface area (Å²) in [5.74, 6) is 5.43. The molecule has 3 aromatic carbocycles. The maximum atomic E-state index is 11.2. The Labute approximate surface area is 193 Å². The molecule has 166 valence electrons. The molecule has 0 fully saturated rings. The fourth-order valence-electron chi connectivity index (χ4n) is 4.05. The van der Waals surface area contributed by atoms with E-state index in [1.165, 1.54) is 5.56 Å². The number of ether oxygens (including phenoxy) is 1. The molecule has 0 radical (unpaired) electrons. The van der Waals surface area contributed by atoms with Crippen LogP contribution < -0.4 is 4.74 Å². The highest BCUT2D eigenvalue weighted by atomic mass is 16.5. The van der Waals surface area contributed by atoms with Crippen molar-refractivity contribution in [1.82, 2.24) is 10.2 Å². The van der Waals surface area contributed by atoms with Gasteiger partial charge in [0.05, 0.1) is 24.1 Å². The summed E-state index contributed by atoms with van der Waals surface area (Å²) in [6.07, 6.45) is 1.57. The maximum Gasteiger partial charge on any atom is 0.304 e. The average molecular weight is 439 g/mol. The van der Waals surface area contributed by atoms with Gasteiger partial charge >= 0.3 is 5.97 Å². The van der Waals surface area contributed by atoms with E-state index in [2.05, 4.69) is 53.2 Å². The molecule has 0 spiro atoms. The number of carboxylic acids is 1. The number of nitrogens with one attached hydrogen (secondary N) is 1. The number of carboxylic acid groups (broad SMARTS) is 1. The molecule has 4 rings (SSSR count). The average Bonchev–Trinajstić information content (AvgIpc) is 3.30. The standard InChI is InChI=1S/C28H26N2O3/c1-3-7-22(17-27(31)32)21-10-13-25(14-11-21)33-28(19(2)20-8-5-4-6-9-20)23-12-15-26-24(16-23)18-29-30-26/h4-6,8-16,18-19,22,28H,17H2,1-2H3,(H,29,30)(H,31,32)/t19?,22-,28?/m0/s1. The van der Waals surface area contributed by atoms with Crippen LogP contribution in [0.3, 0.4) is 0 Å². The van der Waals surface area contributed by atoms with Gasteiger partial charge in [-0.05, 0) is 47.9 Å². The molecular weight excluding hydrogens is 412 g/mol. The highest BCUT2D eigenvalue weighted by Gasteiger charge is 2.24. The fourth-order valence-corrected chi connectivity index (χ4v) is 4.05. The number of benzene rings is 3. The number of hydrogen-bond donors (Lipinski definition) is 2. The van der Waals surface area contributed by atoms with Crippen LogP contribution in [0, 0.1) is 11.8 Å². The zero-order valence-electron chi connectivity index (χ0n) is 18.7. The lowest BCUT2D eigenvalue weighted by Gasteiger charge is -2.26. The number of rotatable bonds is 8. The second-order valence-electron chi connectivity index (χ2n) is 8.07. The van der Waals surface area contributed by atoms with Gasteiger partial charge in [-0.15, -0.1) is 5.92 Å². The number of carbonyl (C=O) groups is 1. The van der Waals surface area contributed by atoms with Crippen molar-refractivity contribution in [3.63, 3.8) is 0 Å². The number of H-pyrrole nitrogens is 1. The Kier molecular flexibility index (Phi) is 6.75. The Morgan fingerprint density at radius 1 is 1.03 bits per heavy atom. The lowest BCUT2D eigenvalue weighted by molar-refractivity contribution is -0.137. The molecule has 0 aliphatic heterocycles. The van der Waals surface area contributed by atoms with Crippen LogP contribution in [-0.2, 0) is 4.79 Å². The first-order chi connectivity index (χ1) is 16.0. The zero-order chi connectivity index (χ0) is 23.2. The Bertz CT molecular complexity index is 1280. The molecule has 0 amide bonds. The summed E-state index contributed by atoms with van der Waals surface area (Å²) in [5, 5.41) is 17.4. The van der Waals surface area contributed by atoms with E-state index in [-0.39, 0.29) is 24.4 Å². The molecular formula is C28H26N2O3. The van der Waals surface area contributed by atoms with E-state index in [9.17, 15) is 9.90 Å². The Hall–Kier alpha value is -4.04. The SMILES string of the molecule is CC#C[C@@H](CC(=O)O)c1ccc(OC(c2ccc3[nH]ncc3c2)C(C)c2ccccc2)cc1. The summed E-state index contributed by atoms with van der Waals surface area (Å²) in [4.78, 5) is 11.2. The van der Waals surface area contributed by atoms with Crippen molar-refractivity contribution in [1.29, 1.82) is 0 Å². The normalized spacial score (nSPS) is 13.5. The molecule has 2 unspecified atom stereocenters. The van der Waals surface area contributed by atoms with E-state index in [1.54, 1.807) is 6.92 Å². The smallest absolute Gasteiger partial charge is 0.304 e. The summed E-state index contributed by atoms with van der Waals surface area (Å²) >= 11 is 0.